The van der Waals surface area contributed by atoms with Gasteiger partial charge in [-0.3, -0.25) is 14.2 Å². The second-order valence-electron chi connectivity index (χ2n) is 7.37. The summed E-state index contributed by atoms with van der Waals surface area (Å²) in [5, 5.41) is 0. The molecule has 0 amide bonds. The Morgan fingerprint density at radius 2 is 2.00 bits per heavy atom. The Morgan fingerprint density at radius 1 is 1.27 bits per heavy atom. The number of nitrogens with zero attached hydrogens (tertiary/aromatic N) is 2. The van der Waals surface area contributed by atoms with Gasteiger partial charge in [-0.2, -0.15) is 0 Å². The molecule has 152 valence electrons. The van der Waals surface area contributed by atoms with E-state index in [1.807, 2.05) is 18.2 Å². The maximum atomic E-state index is 13.4. The summed E-state index contributed by atoms with van der Waals surface area (Å²) in [7, 11) is 1.31. The number of aromatic nitrogens is 1. The number of rotatable bonds is 2. The second kappa shape index (κ2) is 6.63. The molecule has 0 saturated heterocycles. The van der Waals surface area contributed by atoms with Crippen molar-refractivity contribution < 1.29 is 18.7 Å². The van der Waals surface area contributed by atoms with Crippen molar-refractivity contribution in [2.24, 2.45) is 10.9 Å². The van der Waals surface area contributed by atoms with E-state index in [2.05, 4.69) is 4.99 Å². The Balaban J connectivity index is 1.79. The molecule has 30 heavy (non-hydrogen) atoms. The summed E-state index contributed by atoms with van der Waals surface area (Å²) in [6.45, 7) is 1.73. The summed E-state index contributed by atoms with van der Waals surface area (Å²) in [6.07, 6.45) is 1.69. The molecule has 1 aromatic heterocycles. The van der Waals surface area contributed by atoms with Crippen LogP contribution < -0.4 is 19.6 Å². The lowest BCUT2D eigenvalue weighted by Crippen LogP contribution is -2.58. The normalized spacial score (nSPS) is 24.3. The third-order valence-corrected chi connectivity index (χ3v) is 6.49. The van der Waals surface area contributed by atoms with E-state index in [4.69, 9.17) is 9.47 Å². The standard InChI is InChI=1S/C22H17FN2O4S/c1-22-17(20(27)28-2)18(14-5-3-4-6-15(14)29-22)25-19(26)16(30-21(25)24-22)11-12-7-9-13(23)10-8-12/h3-11,17-18H,1-2H3/b16-11+/t17-,18-,22-/m0/s1. The molecule has 6 nitrogen and oxygen atoms in total. The van der Waals surface area contributed by atoms with Crippen molar-refractivity contribution >= 4 is 23.4 Å². The summed E-state index contributed by atoms with van der Waals surface area (Å²) < 4.78 is 26.4. The maximum Gasteiger partial charge on any atom is 0.317 e. The summed E-state index contributed by atoms with van der Waals surface area (Å²) in [4.78, 5) is 31.2. The van der Waals surface area contributed by atoms with Crippen molar-refractivity contribution in [1.29, 1.82) is 0 Å². The number of thiazole rings is 1. The number of fused-ring (bicyclic) bond motifs is 6. The van der Waals surface area contributed by atoms with Gasteiger partial charge in [-0.05, 0) is 36.8 Å². The van der Waals surface area contributed by atoms with Crippen LogP contribution in [0.15, 0.2) is 58.3 Å². The summed E-state index contributed by atoms with van der Waals surface area (Å²) in [5.74, 6) is -1.06. The van der Waals surface area contributed by atoms with Crippen LogP contribution in [0.3, 0.4) is 0 Å². The number of hydrogen-bond donors (Lipinski definition) is 0. The average Bonchev–Trinajstić information content (AvgIpc) is 3.02. The lowest BCUT2D eigenvalue weighted by Gasteiger charge is -2.44. The number of carbonyl (C=O) groups is 1. The van der Waals surface area contributed by atoms with E-state index in [9.17, 15) is 14.0 Å². The third kappa shape index (κ3) is 2.71. The van der Waals surface area contributed by atoms with Crippen LogP contribution in [0.2, 0.25) is 0 Å². The van der Waals surface area contributed by atoms with Crippen LogP contribution in [0, 0.1) is 11.7 Å². The molecule has 3 heterocycles. The highest BCUT2D eigenvalue weighted by Crippen LogP contribution is 2.47. The first-order chi connectivity index (χ1) is 14.4. The molecule has 0 unspecified atom stereocenters. The zero-order valence-corrected chi connectivity index (χ0v) is 17.0. The highest BCUT2D eigenvalue weighted by Gasteiger charge is 2.55. The van der Waals surface area contributed by atoms with Gasteiger partial charge in [0.25, 0.3) is 5.56 Å². The molecule has 2 bridgehead atoms. The Morgan fingerprint density at radius 3 is 2.73 bits per heavy atom. The smallest absolute Gasteiger partial charge is 0.317 e. The summed E-state index contributed by atoms with van der Waals surface area (Å²) >= 11 is 1.21. The molecule has 2 aliphatic rings. The van der Waals surface area contributed by atoms with Gasteiger partial charge in [0.2, 0.25) is 5.72 Å². The molecule has 3 aromatic rings. The molecule has 3 atom stereocenters. The van der Waals surface area contributed by atoms with Gasteiger partial charge in [-0.25, -0.2) is 9.38 Å². The molecular weight excluding hydrogens is 407 g/mol. The van der Waals surface area contributed by atoms with Gasteiger partial charge in [0.05, 0.1) is 17.7 Å². The van der Waals surface area contributed by atoms with Crippen LogP contribution in [0.5, 0.6) is 5.75 Å². The zero-order valence-electron chi connectivity index (χ0n) is 16.2. The fraction of sp³-hybridized carbons (Fsp3) is 0.227. The lowest BCUT2D eigenvalue weighted by molar-refractivity contribution is -0.158. The van der Waals surface area contributed by atoms with Crippen molar-refractivity contribution in [3.05, 3.63) is 85.2 Å². The quantitative estimate of drug-likeness (QED) is 0.590. The lowest BCUT2D eigenvalue weighted by atomic mass is 9.81. The first-order valence-corrected chi connectivity index (χ1v) is 10.2. The van der Waals surface area contributed by atoms with Crippen LogP contribution in [0.25, 0.3) is 6.08 Å². The highest BCUT2D eigenvalue weighted by molar-refractivity contribution is 7.07. The summed E-state index contributed by atoms with van der Waals surface area (Å²) in [5.41, 5.74) is -0.0326. The molecule has 2 aliphatic heterocycles. The SMILES string of the molecule is COC(=O)[C@@H]1[C@@H]2c3ccccc3O[C@]1(C)N=c1s/c(=C/c3ccc(F)cc3)c(=O)n12. The largest absolute Gasteiger partial charge is 0.469 e. The Labute approximate surface area is 174 Å². The molecule has 2 aromatic carbocycles. The monoisotopic (exact) mass is 424 g/mol. The Kier molecular flexibility index (Phi) is 4.14. The molecule has 0 N–H and O–H groups in total. The molecule has 5 rings (SSSR count). The second-order valence-corrected chi connectivity index (χ2v) is 8.38. The number of esters is 1. The molecule has 0 radical (unpaired) electrons. The molecule has 0 spiro atoms. The van der Waals surface area contributed by atoms with Crippen LogP contribution in [-0.2, 0) is 9.53 Å². The Hall–Kier alpha value is -3.26. The molecule has 0 fully saturated rings. The van der Waals surface area contributed by atoms with Gasteiger partial charge in [0.1, 0.15) is 17.5 Å². The van der Waals surface area contributed by atoms with Gasteiger partial charge in [-0.1, -0.05) is 41.7 Å². The third-order valence-electron chi connectivity index (χ3n) is 5.50. The van der Waals surface area contributed by atoms with E-state index in [0.717, 1.165) is 5.56 Å². The summed E-state index contributed by atoms with van der Waals surface area (Å²) in [6, 6.07) is 12.6. The van der Waals surface area contributed by atoms with Gasteiger partial charge >= 0.3 is 5.97 Å². The van der Waals surface area contributed by atoms with Crippen molar-refractivity contribution in [3.8, 4) is 5.75 Å². The van der Waals surface area contributed by atoms with Crippen LogP contribution in [-0.4, -0.2) is 23.4 Å². The van der Waals surface area contributed by atoms with Crippen LogP contribution in [0.4, 0.5) is 4.39 Å². The van der Waals surface area contributed by atoms with E-state index < -0.39 is 23.7 Å². The first kappa shape index (κ1) is 18.7. The first-order valence-electron chi connectivity index (χ1n) is 9.35. The number of carbonyl (C=O) groups excluding carboxylic acids is 1. The fourth-order valence-corrected chi connectivity index (χ4v) is 5.24. The molecule has 0 saturated carbocycles. The number of ether oxygens (including phenoxy) is 2. The number of para-hydroxylation sites is 1. The fourth-order valence-electron chi connectivity index (χ4n) is 4.14. The van der Waals surface area contributed by atoms with Crippen LogP contribution >= 0.6 is 11.3 Å². The maximum absolute atomic E-state index is 13.4. The minimum atomic E-state index is -1.20. The van der Waals surface area contributed by atoms with E-state index in [-0.39, 0.29) is 11.4 Å². The van der Waals surface area contributed by atoms with Crippen molar-refractivity contribution in [2.45, 2.75) is 18.7 Å². The number of halogens is 1. The van der Waals surface area contributed by atoms with E-state index in [1.165, 1.54) is 30.6 Å². The zero-order chi connectivity index (χ0) is 21.0. The van der Waals surface area contributed by atoms with Crippen LogP contribution in [0.1, 0.15) is 24.1 Å². The van der Waals surface area contributed by atoms with E-state index in [0.29, 0.717) is 20.6 Å². The molecular formula is C22H17FN2O4S. The van der Waals surface area contributed by atoms with Gasteiger partial charge in [0.15, 0.2) is 4.80 Å². The predicted molar refractivity (Wildman–Crippen MR) is 108 cm³/mol. The van der Waals surface area contributed by atoms with Gasteiger partial charge in [0, 0.05) is 5.56 Å². The van der Waals surface area contributed by atoms with E-state index in [1.54, 1.807) is 35.8 Å². The Bertz CT molecular complexity index is 1340. The van der Waals surface area contributed by atoms with Gasteiger partial charge < -0.3 is 9.47 Å². The predicted octanol–water partition coefficient (Wildman–Crippen LogP) is 2.00. The topological polar surface area (TPSA) is 69.9 Å². The van der Waals surface area contributed by atoms with E-state index >= 15 is 0 Å². The van der Waals surface area contributed by atoms with Crippen molar-refractivity contribution in [3.63, 3.8) is 0 Å². The number of methoxy groups -OCH3 is 1. The molecule has 0 aliphatic carbocycles. The molecule has 8 heteroatoms. The van der Waals surface area contributed by atoms with Crippen molar-refractivity contribution in [1.82, 2.24) is 4.57 Å². The van der Waals surface area contributed by atoms with Gasteiger partial charge in [-0.15, -0.1) is 0 Å². The minimum absolute atomic E-state index is 0.263. The average molecular weight is 424 g/mol. The number of hydrogen-bond acceptors (Lipinski definition) is 6. The minimum Gasteiger partial charge on any atom is -0.469 e. The number of benzene rings is 2. The highest BCUT2D eigenvalue weighted by atomic mass is 32.1. The van der Waals surface area contributed by atoms with Crippen molar-refractivity contribution in [2.75, 3.05) is 7.11 Å².